The van der Waals surface area contributed by atoms with Crippen LogP contribution in [0.4, 0.5) is 4.79 Å². The van der Waals surface area contributed by atoms with Gasteiger partial charge in [0.2, 0.25) is 0 Å². The largest absolute Gasteiger partial charge is 0.527 e. The number of hydrogen-bond acceptors (Lipinski definition) is 6. The van der Waals surface area contributed by atoms with Gasteiger partial charge in [0.15, 0.2) is 8.24 Å². The van der Waals surface area contributed by atoms with E-state index in [0.717, 1.165) is 5.56 Å². The van der Waals surface area contributed by atoms with Crippen LogP contribution < -0.4 is 0 Å². The third-order valence-electron chi connectivity index (χ3n) is 4.73. The van der Waals surface area contributed by atoms with Gasteiger partial charge < -0.3 is 19.8 Å². The van der Waals surface area contributed by atoms with Crippen molar-refractivity contribution in [1.82, 2.24) is 4.73 Å². The van der Waals surface area contributed by atoms with Crippen molar-refractivity contribution in [3.8, 4) is 0 Å². The molecule has 1 atom stereocenters. The highest BCUT2D eigenvalue weighted by Gasteiger charge is 2.49. The Balaban J connectivity index is 2.97. The number of carboxylic acids is 1. The van der Waals surface area contributed by atoms with E-state index in [1.54, 1.807) is 0 Å². The number of carbonyl (C=O) groups is 2. The van der Waals surface area contributed by atoms with Crippen molar-refractivity contribution in [2.24, 2.45) is 0 Å². The lowest BCUT2D eigenvalue weighted by Gasteiger charge is -2.45. The molecule has 0 aliphatic carbocycles. The van der Waals surface area contributed by atoms with Crippen molar-refractivity contribution in [2.45, 2.75) is 58.0 Å². The zero-order valence-corrected chi connectivity index (χ0v) is 17.1. The average molecular weight is 384 g/mol. The Morgan fingerprint density at radius 2 is 1.77 bits per heavy atom. The number of aliphatic hydroxyl groups excluding tert-OH is 1. The maximum Gasteiger partial charge on any atom is 0.527 e. The molecular formula is C18H29NO6Si. The zero-order chi connectivity index (χ0) is 20.0. The van der Waals surface area contributed by atoms with Crippen LogP contribution in [0.1, 0.15) is 32.8 Å². The van der Waals surface area contributed by atoms with E-state index in [1.807, 2.05) is 64.2 Å². The van der Waals surface area contributed by atoms with Crippen molar-refractivity contribution < 1.29 is 29.4 Å². The van der Waals surface area contributed by atoms with Gasteiger partial charge >= 0.3 is 12.1 Å². The van der Waals surface area contributed by atoms with E-state index in [9.17, 15) is 19.8 Å². The Morgan fingerprint density at radius 1 is 1.19 bits per heavy atom. The molecule has 0 amide bonds. The van der Waals surface area contributed by atoms with Crippen molar-refractivity contribution in [1.29, 1.82) is 0 Å². The Labute approximate surface area is 155 Å². The maximum absolute atomic E-state index is 12.2. The third kappa shape index (κ3) is 5.82. The molecule has 0 aromatic heterocycles. The predicted octanol–water partition coefficient (Wildman–Crippen LogP) is 3.40. The minimum atomic E-state index is -2.55. The lowest BCUT2D eigenvalue weighted by atomic mass is 10.2. The second-order valence-corrected chi connectivity index (χ2v) is 12.7. The van der Waals surface area contributed by atoms with Gasteiger partial charge in [0.1, 0.15) is 12.6 Å². The first-order valence-electron chi connectivity index (χ1n) is 8.52. The highest BCUT2D eigenvalue weighted by molar-refractivity contribution is 6.77. The second-order valence-electron chi connectivity index (χ2n) is 7.62. The molecule has 8 heteroatoms. The van der Waals surface area contributed by atoms with Gasteiger partial charge in [-0.3, -0.25) is 4.79 Å². The van der Waals surface area contributed by atoms with E-state index in [1.165, 1.54) is 4.73 Å². The minimum Gasteiger partial charge on any atom is -0.480 e. The second kappa shape index (κ2) is 9.16. The van der Waals surface area contributed by atoms with Crippen LogP contribution in [0.15, 0.2) is 30.3 Å². The summed E-state index contributed by atoms with van der Waals surface area (Å²) in [5.74, 6) is -1.15. The molecule has 0 fully saturated rings. The monoisotopic (exact) mass is 383 g/mol. The van der Waals surface area contributed by atoms with E-state index in [2.05, 4.69) is 0 Å². The van der Waals surface area contributed by atoms with E-state index in [0.29, 0.717) is 0 Å². The van der Waals surface area contributed by atoms with Crippen LogP contribution in [-0.2, 0) is 21.0 Å². The number of benzene rings is 1. The Hall–Kier alpha value is -1.90. The highest BCUT2D eigenvalue weighted by Crippen LogP contribution is 2.40. The molecular weight excluding hydrogens is 354 g/mol. The van der Waals surface area contributed by atoms with Crippen LogP contribution in [0.5, 0.6) is 0 Å². The first kappa shape index (κ1) is 22.1. The Bertz CT molecular complexity index is 599. The van der Waals surface area contributed by atoms with Gasteiger partial charge in [-0.1, -0.05) is 64.2 Å². The Kier molecular flexibility index (Phi) is 7.80. The first-order chi connectivity index (χ1) is 12.0. The quantitative estimate of drug-likeness (QED) is 0.403. The fourth-order valence-corrected chi connectivity index (χ4v) is 4.17. The summed E-state index contributed by atoms with van der Waals surface area (Å²) in [5, 5.41) is 18.5. The summed E-state index contributed by atoms with van der Waals surface area (Å²) in [6.45, 7) is 9.47. The molecule has 0 spiro atoms. The van der Waals surface area contributed by atoms with E-state index < -0.39 is 26.4 Å². The van der Waals surface area contributed by atoms with E-state index in [4.69, 9.17) is 9.57 Å². The maximum atomic E-state index is 12.2. The summed E-state index contributed by atoms with van der Waals surface area (Å²) in [6.07, 6.45) is -1.00. The number of aliphatic carboxylic acids is 1. The van der Waals surface area contributed by atoms with Crippen LogP contribution >= 0.6 is 0 Å². The van der Waals surface area contributed by atoms with Gasteiger partial charge in [-0.2, -0.15) is 4.73 Å². The number of ether oxygens (including phenoxy) is 1. The Morgan fingerprint density at radius 3 is 2.23 bits per heavy atom. The summed E-state index contributed by atoms with van der Waals surface area (Å²) < 4.78 is 6.40. The van der Waals surface area contributed by atoms with E-state index >= 15 is 0 Å². The highest BCUT2D eigenvalue weighted by atomic mass is 28.3. The summed E-state index contributed by atoms with van der Waals surface area (Å²) in [7, 11) is -2.55. The number of hydrogen-bond donors (Lipinski definition) is 2. The summed E-state index contributed by atoms with van der Waals surface area (Å²) in [5.41, 5.74) is 0.800. The summed E-state index contributed by atoms with van der Waals surface area (Å²) in [4.78, 5) is 29.3. The number of carboxylic acid groups (broad SMARTS) is 1. The van der Waals surface area contributed by atoms with Crippen LogP contribution in [0.3, 0.4) is 0 Å². The lowest BCUT2D eigenvalue weighted by molar-refractivity contribution is -0.159. The van der Waals surface area contributed by atoms with E-state index in [-0.39, 0.29) is 24.7 Å². The topological polar surface area (TPSA) is 96.3 Å². The molecule has 0 bridgehead atoms. The molecule has 0 radical (unpaired) electrons. The smallest absolute Gasteiger partial charge is 0.480 e. The van der Waals surface area contributed by atoms with Crippen LogP contribution in [0.25, 0.3) is 0 Å². The SMILES string of the molecule is CC(C)(C)[Si](C)(C)N(OC(=O)OCc1ccccc1)[C@H](CCO)C(=O)O. The summed E-state index contributed by atoms with van der Waals surface area (Å²) >= 11 is 0. The fraction of sp³-hybridized carbons (Fsp3) is 0.556. The van der Waals surface area contributed by atoms with Crippen molar-refractivity contribution in [3.05, 3.63) is 35.9 Å². The van der Waals surface area contributed by atoms with Gasteiger partial charge in [0, 0.05) is 6.61 Å². The first-order valence-corrected chi connectivity index (χ1v) is 11.5. The molecule has 0 heterocycles. The number of aliphatic hydroxyl groups is 1. The molecule has 1 rings (SSSR count). The molecule has 26 heavy (non-hydrogen) atoms. The molecule has 1 aromatic carbocycles. The molecule has 0 aliphatic heterocycles. The third-order valence-corrected chi connectivity index (χ3v) is 9.91. The molecule has 0 unspecified atom stereocenters. The van der Waals surface area contributed by atoms with Gasteiger partial charge in [0.05, 0.1) is 0 Å². The number of hydroxylamine groups is 1. The number of nitrogens with zero attached hydrogens (tertiary/aromatic N) is 1. The molecule has 2 N–H and O–H groups in total. The van der Waals surface area contributed by atoms with Gasteiger partial charge in [-0.05, 0) is 17.0 Å². The van der Waals surface area contributed by atoms with Gasteiger partial charge in [0.25, 0.3) is 0 Å². The van der Waals surface area contributed by atoms with Crippen LogP contribution in [0, 0.1) is 0 Å². The van der Waals surface area contributed by atoms with Gasteiger partial charge in [-0.25, -0.2) is 4.79 Å². The number of carbonyl (C=O) groups excluding carboxylic acids is 1. The minimum absolute atomic E-state index is 0.0305. The molecule has 0 aliphatic rings. The van der Waals surface area contributed by atoms with Crippen molar-refractivity contribution >= 4 is 20.4 Å². The van der Waals surface area contributed by atoms with Gasteiger partial charge in [-0.15, -0.1) is 0 Å². The fourth-order valence-electron chi connectivity index (χ4n) is 2.18. The molecule has 0 saturated heterocycles. The number of rotatable bonds is 8. The zero-order valence-electron chi connectivity index (χ0n) is 16.1. The lowest BCUT2D eigenvalue weighted by Crippen LogP contribution is -2.61. The molecule has 0 saturated carbocycles. The average Bonchev–Trinajstić information content (AvgIpc) is 2.55. The molecule has 7 nitrogen and oxygen atoms in total. The molecule has 146 valence electrons. The summed E-state index contributed by atoms with van der Waals surface area (Å²) in [6, 6.07) is 7.99. The predicted molar refractivity (Wildman–Crippen MR) is 99.9 cm³/mol. The molecule has 1 aromatic rings. The normalized spacial score (nSPS) is 13.3. The van der Waals surface area contributed by atoms with Crippen LogP contribution in [0.2, 0.25) is 18.1 Å². The van der Waals surface area contributed by atoms with Crippen LogP contribution in [-0.4, -0.2) is 48.0 Å². The van der Waals surface area contributed by atoms with Crippen molar-refractivity contribution in [3.63, 3.8) is 0 Å². The van der Waals surface area contributed by atoms with Crippen molar-refractivity contribution in [2.75, 3.05) is 6.61 Å². The standard InChI is InChI=1S/C18H29NO6Si/c1-18(2,3)26(4,5)19(15(11-12-20)16(21)22)25-17(23)24-13-14-9-7-6-8-10-14/h6-10,15,20H,11-13H2,1-5H3,(H,21,22)/t15-/m1/s1.